The van der Waals surface area contributed by atoms with Gasteiger partial charge in [-0.15, -0.1) is 5.10 Å². The fourth-order valence-electron chi connectivity index (χ4n) is 3.68. The third kappa shape index (κ3) is 2.86. The predicted octanol–water partition coefficient (Wildman–Crippen LogP) is 2.49. The van der Waals surface area contributed by atoms with Gasteiger partial charge in [-0.1, -0.05) is 16.8 Å². The molecule has 1 aromatic heterocycles. The highest BCUT2D eigenvalue weighted by atomic mass is 35.5. The fraction of sp³-hybridized carbons (Fsp3) is 0.471. The van der Waals surface area contributed by atoms with Gasteiger partial charge in [-0.05, 0) is 37.5 Å². The predicted molar refractivity (Wildman–Crippen MR) is 89.1 cm³/mol. The first kappa shape index (κ1) is 15.4. The van der Waals surface area contributed by atoms with Gasteiger partial charge >= 0.3 is 0 Å². The summed E-state index contributed by atoms with van der Waals surface area (Å²) in [5.74, 6) is 0.768. The van der Waals surface area contributed by atoms with Crippen LogP contribution in [-0.4, -0.2) is 45.0 Å². The van der Waals surface area contributed by atoms with E-state index in [9.17, 15) is 4.79 Å². The van der Waals surface area contributed by atoms with Gasteiger partial charge in [0.1, 0.15) is 5.75 Å². The van der Waals surface area contributed by atoms with Crippen LogP contribution in [0.5, 0.6) is 5.75 Å². The monoisotopic (exact) mass is 346 g/mol. The van der Waals surface area contributed by atoms with Gasteiger partial charge in [0.25, 0.3) is 0 Å². The number of rotatable bonds is 3. The SMILES string of the molecule is O=C(C1CCOc2ccc(Cl)cc21)N1CCC[C@H]1Cn1ccnn1. The number of carbonyl (C=O) groups is 1. The van der Waals surface area contributed by atoms with Gasteiger partial charge in [-0.3, -0.25) is 9.48 Å². The lowest BCUT2D eigenvalue weighted by Crippen LogP contribution is -2.42. The number of nitrogens with zero attached hydrogens (tertiary/aromatic N) is 4. The van der Waals surface area contributed by atoms with Crippen molar-refractivity contribution < 1.29 is 9.53 Å². The molecular weight excluding hydrogens is 328 g/mol. The minimum Gasteiger partial charge on any atom is -0.493 e. The molecule has 7 heteroatoms. The molecule has 6 nitrogen and oxygen atoms in total. The third-order valence-corrected chi connectivity index (χ3v) is 5.07. The lowest BCUT2D eigenvalue weighted by molar-refractivity contribution is -0.134. The number of aromatic nitrogens is 3. The molecule has 0 bridgehead atoms. The van der Waals surface area contributed by atoms with Crippen molar-refractivity contribution in [2.45, 2.75) is 37.8 Å². The Hall–Kier alpha value is -2.08. The lowest BCUT2D eigenvalue weighted by atomic mass is 9.91. The first-order valence-corrected chi connectivity index (χ1v) is 8.67. The second kappa shape index (κ2) is 6.43. The molecule has 0 N–H and O–H groups in total. The smallest absolute Gasteiger partial charge is 0.230 e. The Labute approximate surface area is 145 Å². The average molecular weight is 347 g/mol. The first-order chi connectivity index (χ1) is 11.7. The zero-order chi connectivity index (χ0) is 16.5. The minimum atomic E-state index is -0.177. The summed E-state index contributed by atoms with van der Waals surface area (Å²) >= 11 is 6.13. The van der Waals surface area contributed by atoms with Gasteiger partial charge in [0.05, 0.1) is 31.3 Å². The van der Waals surface area contributed by atoms with Crippen LogP contribution in [0.4, 0.5) is 0 Å². The molecule has 0 spiro atoms. The zero-order valence-electron chi connectivity index (χ0n) is 13.3. The summed E-state index contributed by atoms with van der Waals surface area (Å²) in [4.78, 5) is 15.2. The number of amides is 1. The molecule has 0 radical (unpaired) electrons. The maximum Gasteiger partial charge on any atom is 0.230 e. The second-order valence-corrected chi connectivity index (χ2v) is 6.76. The molecule has 1 aromatic carbocycles. The maximum atomic E-state index is 13.2. The standard InChI is InChI=1S/C17H19ClN4O2/c18-12-3-4-16-15(10-12)14(5-9-24-16)17(23)22-7-1-2-13(22)11-21-8-6-19-20-21/h3-4,6,8,10,13-14H,1-2,5,7,9,11H2/t13-,14?/m0/s1. The molecule has 1 amide bonds. The van der Waals surface area contributed by atoms with Crippen molar-refractivity contribution in [2.24, 2.45) is 0 Å². The number of benzene rings is 1. The van der Waals surface area contributed by atoms with Crippen LogP contribution in [-0.2, 0) is 11.3 Å². The molecule has 1 saturated heterocycles. The maximum absolute atomic E-state index is 13.2. The summed E-state index contributed by atoms with van der Waals surface area (Å²) in [6, 6.07) is 5.69. The van der Waals surface area contributed by atoms with Crippen molar-refractivity contribution in [1.29, 1.82) is 0 Å². The largest absolute Gasteiger partial charge is 0.493 e. The Morgan fingerprint density at radius 1 is 1.38 bits per heavy atom. The van der Waals surface area contributed by atoms with E-state index in [-0.39, 0.29) is 17.9 Å². The summed E-state index contributed by atoms with van der Waals surface area (Å²) in [7, 11) is 0. The molecule has 2 aliphatic heterocycles. The van der Waals surface area contributed by atoms with Crippen LogP contribution in [0.2, 0.25) is 5.02 Å². The van der Waals surface area contributed by atoms with Crippen LogP contribution in [0.15, 0.2) is 30.6 Å². The molecule has 0 aliphatic carbocycles. The highest BCUT2D eigenvalue weighted by molar-refractivity contribution is 6.30. The quantitative estimate of drug-likeness (QED) is 0.856. The molecule has 2 aliphatic rings. The summed E-state index contributed by atoms with van der Waals surface area (Å²) in [5, 5.41) is 8.50. The van der Waals surface area contributed by atoms with Crippen molar-refractivity contribution in [3.63, 3.8) is 0 Å². The van der Waals surface area contributed by atoms with Crippen LogP contribution in [0.3, 0.4) is 0 Å². The van der Waals surface area contributed by atoms with Crippen LogP contribution in [0.25, 0.3) is 0 Å². The van der Waals surface area contributed by atoms with Crippen molar-refractivity contribution in [1.82, 2.24) is 19.9 Å². The van der Waals surface area contributed by atoms with E-state index >= 15 is 0 Å². The molecule has 126 valence electrons. The normalized spacial score (nSPS) is 23.0. The van der Waals surface area contributed by atoms with E-state index in [4.69, 9.17) is 16.3 Å². The molecule has 3 heterocycles. The molecule has 1 unspecified atom stereocenters. The van der Waals surface area contributed by atoms with Crippen molar-refractivity contribution >= 4 is 17.5 Å². The number of carbonyl (C=O) groups excluding carboxylic acids is 1. The van der Waals surface area contributed by atoms with E-state index in [0.717, 1.165) is 30.7 Å². The third-order valence-electron chi connectivity index (χ3n) is 4.84. The fourth-order valence-corrected chi connectivity index (χ4v) is 3.86. The lowest BCUT2D eigenvalue weighted by Gasteiger charge is -2.32. The van der Waals surface area contributed by atoms with Gasteiger partial charge < -0.3 is 9.64 Å². The molecule has 4 rings (SSSR count). The van der Waals surface area contributed by atoms with Crippen LogP contribution >= 0.6 is 11.6 Å². The van der Waals surface area contributed by atoms with Crippen LogP contribution in [0.1, 0.15) is 30.7 Å². The first-order valence-electron chi connectivity index (χ1n) is 8.29. The molecular formula is C17H19ClN4O2. The summed E-state index contributed by atoms with van der Waals surface area (Å²) in [5.41, 5.74) is 0.908. The van der Waals surface area contributed by atoms with Gasteiger partial charge in [-0.25, -0.2) is 0 Å². The van der Waals surface area contributed by atoms with E-state index in [1.165, 1.54) is 0 Å². The highest BCUT2D eigenvalue weighted by Gasteiger charge is 2.36. The number of halogens is 1. The Morgan fingerprint density at radius 3 is 3.12 bits per heavy atom. The van der Waals surface area contributed by atoms with E-state index in [1.807, 2.05) is 23.2 Å². The number of likely N-dealkylation sites (tertiary alicyclic amines) is 1. The van der Waals surface area contributed by atoms with Crippen LogP contribution < -0.4 is 4.74 Å². The number of fused-ring (bicyclic) bond motifs is 1. The van der Waals surface area contributed by atoms with Crippen molar-refractivity contribution in [3.05, 3.63) is 41.2 Å². The molecule has 2 aromatic rings. The highest BCUT2D eigenvalue weighted by Crippen LogP contribution is 2.37. The number of ether oxygens (including phenoxy) is 1. The Morgan fingerprint density at radius 2 is 2.29 bits per heavy atom. The Balaban J connectivity index is 1.56. The van der Waals surface area contributed by atoms with E-state index < -0.39 is 0 Å². The summed E-state index contributed by atoms with van der Waals surface area (Å²) in [6.45, 7) is 2.05. The van der Waals surface area contributed by atoms with E-state index in [0.29, 0.717) is 24.6 Å². The molecule has 24 heavy (non-hydrogen) atoms. The number of hydrogen-bond acceptors (Lipinski definition) is 4. The second-order valence-electron chi connectivity index (χ2n) is 6.32. The molecule has 1 fully saturated rings. The van der Waals surface area contributed by atoms with Crippen LogP contribution in [0, 0.1) is 0 Å². The topological polar surface area (TPSA) is 60.2 Å². The number of hydrogen-bond donors (Lipinski definition) is 0. The zero-order valence-corrected chi connectivity index (χ0v) is 14.0. The van der Waals surface area contributed by atoms with E-state index in [2.05, 4.69) is 10.3 Å². The Bertz CT molecular complexity index is 734. The molecule has 0 saturated carbocycles. The van der Waals surface area contributed by atoms with Gasteiger partial charge in [0.15, 0.2) is 0 Å². The summed E-state index contributed by atoms with van der Waals surface area (Å²) in [6.07, 6.45) is 6.22. The Kier molecular flexibility index (Phi) is 4.14. The molecule has 2 atom stereocenters. The minimum absolute atomic E-state index is 0.171. The van der Waals surface area contributed by atoms with Gasteiger partial charge in [0.2, 0.25) is 5.91 Å². The van der Waals surface area contributed by atoms with E-state index in [1.54, 1.807) is 16.9 Å². The van der Waals surface area contributed by atoms with Crippen molar-refractivity contribution in [3.8, 4) is 5.75 Å². The van der Waals surface area contributed by atoms with Crippen molar-refractivity contribution in [2.75, 3.05) is 13.2 Å². The van der Waals surface area contributed by atoms with Gasteiger partial charge in [0, 0.05) is 23.3 Å². The average Bonchev–Trinajstić information content (AvgIpc) is 3.26. The van der Waals surface area contributed by atoms with Gasteiger partial charge in [-0.2, -0.15) is 0 Å². The summed E-state index contributed by atoms with van der Waals surface area (Å²) < 4.78 is 7.48.